The summed E-state index contributed by atoms with van der Waals surface area (Å²) in [5, 5.41) is 10.7. The molecule has 8 heteroatoms. The zero-order valence-corrected chi connectivity index (χ0v) is 10.3. The minimum atomic E-state index is -4.29. The van der Waals surface area contributed by atoms with E-state index in [2.05, 4.69) is 5.32 Å². The Morgan fingerprint density at radius 1 is 1.62 bits per heavy atom. The van der Waals surface area contributed by atoms with E-state index in [0.29, 0.717) is 0 Å². The zero-order valence-electron chi connectivity index (χ0n) is 7.48. The summed E-state index contributed by atoms with van der Waals surface area (Å²) >= 11 is 0. The fraction of sp³-hybridized carbons (Fsp3) is 0.800. The molecule has 0 saturated carbocycles. The predicted octanol–water partition coefficient (Wildman–Crippen LogP) is -4.97. The Hall–Kier alpha value is 0.340. The van der Waals surface area contributed by atoms with E-state index in [1.807, 2.05) is 0 Å². The van der Waals surface area contributed by atoms with Gasteiger partial charge in [0.15, 0.2) is 0 Å². The van der Waals surface area contributed by atoms with Crippen LogP contribution in [0.1, 0.15) is 6.92 Å². The molecule has 1 atom stereocenters. The van der Waals surface area contributed by atoms with Crippen LogP contribution >= 0.6 is 0 Å². The maximum Gasteiger partial charge on any atom is 1.00 e. The molecule has 13 heavy (non-hydrogen) atoms. The van der Waals surface area contributed by atoms with Crippen molar-refractivity contribution in [2.45, 2.75) is 13.0 Å². The molecule has 0 aliphatic heterocycles. The molecule has 0 aliphatic rings. The van der Waals surface area contributed by atoms with Gasteiger partial charge in [0, 0.05) is 6.54 Å². The summed E-state index contributed by atoms with van der Waals surface area (Å²) in [7, 11) is -4.29. The third-order valence-corrected chi connectivity index (χ3v) is 1.73. The van der Waals surface area contributed by atoms with Crippen molar-refractivity contribution in [2.75, 3.05) is 12.3 Å². The van der Waals surface area contributed by atoms with Crippen LogP contribution in [0.4, 0.5) is 0 Å². The van der Waals surface area contributed by atoms with E-state index in [-0.39, 0.29) is 36.1 Å². The molecule has 72 valence electrons. The molecule has 0 spiro atoms. The van der Waals surface area contributed by atoms with Crippen LogP contribution in [0.15, 0.2) is 0 Å². The van der Waals surface area contributed by atoms with E-state index < -0.39 is 27.9 Å². The van der Waals surface area contributed by atoms with Crippen LogP contribution in [0.2, 0.25) is 0 Å². The third kappa shape index (κ3) is 10.3. The minimum Gasteiger partial charge on any atom is -0.748 e. The van der Waals surface area contributed by atoms with Gasteiger partial charge in [0.05, 0.1) is 15.9 Å². The van der Waals surface area contributed by atoms with Crippen molar-refractivity contribution in [3.05, 3.63) is 0 Å². The van der Waals surface area contributed by atoms with Gasteiger partial charge in [-0.1, -0.05) is 0 Å². The van der Waals surface area contributed by atoms with Gasteiger partial charge in [-0.2, -0.15) is 0 Å². The molecular formula is C5H10NNaO5S. The van der Waals surface area contributed by atoms with Gasteiger partial charge < -0.3 is 15.0 Å². The van der Waals surface area contributed by atoms with Crippen molar-refractivity contribution >= 4 is 16.0 Å². The van der Waals surface area contributed by atoms with Crippen molar-refractivity contribution in [1.82, 2.24) is 5.32 Å². The number of aliphatic hydroxyl groups is 1. The second-order valence-corrected chi connectivity index (χ2v) is 3.75. The Morgan fingerprint density at radius 3 is 2.38 bits per heavy atom. The normalized spacial score (nSPS) is 12.8. The maximum absolute atomic E-state index is 10.6. The van der Waals surface area contributed by atoms with Crippen LogP contribution in [0.3, 0.4) is 0 Å². The van der Waals surface area contributed by atoms with Crippen molar-refractivity contribution < 1.29 is 52.4 Å². The van der Waals surface area contributed by atoms with Gasteiger partial charge >= 0.3 is 29.6 Å². The standard InChI is InChI=1S/C5H11NO5S.Na/c1-4(7)5(8)6-2-3-12(9,10)11;/h4,7H,2-3H2,1H3,(H,6,8)(H,9,10,11);/q;+1/p-1/t4-;/m1./s1. The van der Waals surface area contributed by atoms with E-state index in [1.54, 1.807) is 0 Å². The first-order valence-electron chi connectivity index (χ1n) is 3.22. The van der Waals surface area contributed by atoms with Crippen molar-refractivity contribution in [3.8, 4) is 0 Å². The monoisotopic (exact) mass is 219 g/mol. The molecule has 0 rings (SSSR count). The molecule has 0 aromatic rings. The van der Waals surface area contributed by atoms with Crippen LogP contribution in [-0.4, -0.2) is 42.4 Å². The van der Waals surface area contributed by atoms with E-state index in [0.717, 1.165) is 0 Å². The van der Waals surface area contributed by atoms with Gasteiger partial charge in [-0.3, -0.25) is 4.79 Å². The Labute approximate surface area is 98.7 Å². The van der Waals surface area contributed by atoms with Crippen LogP contribution in [0, 0.1) is 0 Å². The van der Waals surface area contributed by atoms with Crippen molar-refractivity contribution in [1.29, 1.82) is 0 Å². The molecule has 0 bridgehead atoms. The number of amides is 1. The van der Waals surface area contributed by atoms with Gasteiger partial charge in [-0.05, 0) is 6.92 Å². The van der Waals surface area contributed by atoms with E-state index >= 15 is 0 Å². The van der Waals surface area contributed by atoms with Crippen LogP contribution in [0.25, 0.3) is 0 Å². The van der Waals surface area contributed by atoms with Crippen molar-refractivity contribution in [3.63, 3.8) is 0 Å². The summed E-state index contributed by atoms with van der Waals surface area (Å²) in [6.07, 6.45) is -1.20. The van der Waals surface area contributed by atoms with Crippen molar-refractivity contribution in [2.24, 2.45) is 0 Å². The van der Waals surface area contributed by atoms with Crippen LogP contribution < -0.4 is 34.9 Å². The molecule has 0 aromatic carbocycles. The first-order valence-corrected chi connectivity index (χ1v) is 4.80. The summed E-state index contributed by atoms with van der Waals surface area (Å²) in [5.41, 5.74) is 0. The first-order chi connectivity index (χ1) is 5.33. The number of hydrogen-bond acceptors (Lipinski definition) is 5. The molecule has 0 fully saturated rings. The van der Waals surface area contributed by atoms with Crippen LogP contribution in [0.5, 0.6) is 0 Å². The molecule has 0 heterocycles. The molecule has 2 N–H and O–H groups in total. The average Bonchev–Trinajstić information content (AvgIpc) is 1.84. The Balaban J connectivity index is 0. The smallest absolute Gasteiger partial charge is 0.748 e. The third-order valence-electron chi connectivity index (χ3n) is 1.03. The summed E-state index contributed by atoms with van der Waals surface area (Å²) in [4.78, 5) is 10.6. The van der Waals surface area contributed by atoms with Gasteiger partial charge in [0.1, 0.15) is 6.10 Å². The summed E-state index contributed by atoms with van der Waals surface area (Å²) < 4.78 is 30.0. The Bertz CT molecular complexity index is 250. The predicted molar refractivity (Wildman–Crippen MR) is 39.3 cm³/mol. The topological polar surface area (TPSA) is 107 Å². The van der Waals surface area contributed by atoms with E-state index in [4.69, 9.17) is 5.11 Å². The molecule has 0 aromatic heterocycles. The Kier molecular flexibility index (Phi) is 8.19. The van der Waals surface area contributed by atoms with Gasteiger partial charge in [0.25, 0.3) is 0 Å². The second kappa shape index (κ2) is 6.74. The average molecular weight is 219 g/mol. The van der Waals surface area contributed by atoms with E-state index in [9.17, 15) is 17.8 Å². The fourth-order valence-electron chi connectivity index (χ4n) is 0.447. The number of carbonyl (C=O) groups is 1. The summed E-state index contributed by atoms with van der Waals surface area (Å²) in [5.74, 6) is -1.36. The molecule has 0 saturated heterocycles. The Morgan fingerprint density at radius 2 is 2.08 bits per heavy atom. The molecule has 0 radical (unpaired) electrons. The molecular weight excluding hydrogens is 209 g/mol. The number of aliphatic hydroxyl groups excluding tert-OH is 1. The zero-order chi connectivity index (χ0) is 9.78. The van der Waals surface area contributed by atoms with E-state index in [1.165, 1.54) is 6.92 Å². The minimum absolute atomic E-state index is 0. The van der Waals surface area contributed by atoms with Gasteiger partial charge in [0.2, 0.25) is 5.91 Å². The van der Waals surface area contributed by atoms with Gasteiger partial charge in [-0.25, -0.2) is 8.42 Å². The maximum atomic E-state index is 10.6. The number of rotatable bonds is 4. The molecule has 1 amide bonds. The van der Waals surface area contributed by atoms with Gasteiger partial charge in [-0.15, -0.1) is 0 Å². The summed E-state index contributed by atoms with van der Waals surface area (Å²) in [6.45, 7) is 0.969. The molecule has 0 unspecified atom stereocenters. The quantitative estimate of drug-likeness (QED) is 0.364. The van der Waals surface area contributed by atoms with Crippen LogP contribution in [-0.2, 0) is 14.9 Å². The molecule has 6 nitrogen and oxygen atoms in total. The molecule has 0 aliphatic carbocycles. The first kappa shape index (κ1) is 15.8. The summed E-state index contributed by atoms with van der Waals surface area (Å²) in [6, 6.07) is 0. The largest absolute Gasteiger partial charge is 1.00 e. The number of hydrogen-bond donors (Lipinski definition) is 2. The SMILES string of the molecule is C[C@@H](O)C(=O)NCCS(=O)(=O)[O-].[Na+]. The fourth-order valence-corrected chi connectivity index (χ4v) is 0.799. The second-order valence-electron chi connectivity index (χ2n) is 2.23. The number of carbonyl (C=O) groups excluding carboxylic acids is 1. The number of nitrogens with one attached hydrogen (secondary N) is 1.